The summed E-state index contributed by atoms with van der Waals surface area (Å²) in [5.41, 5.74) is 0.943. The van der Waals surface area contributed by atoms with E-state index in [4.69, 9.17) is 9.72 Å². The second-order valence-electron chi connectivity index (χ2n) is 7.22. The SMILES string of the molecule is CC(C)(Cc1csc(N2CCOCC2)n1)NCC(=O)N1CCCC1. The topological polar surface area (TPSA) is 57.7 Å². The Morgan fingerprint density at radius 2 is 2.00 bits per heavy atom. The minimum atomic E-state index is -0.147. The van der Waals surface area contributed by atoms with Crippen LogP contribution in [0.4, 0.5) is 5.13 Å². The van der Waals surface area contributed by atoms with Crippen LogP contribution in [0.3, 0.4) is 0 Å². The fourth-order valence-electron chi connectivity index (χ4n) is 3.19. The molecule has 3 heterocycles. The lowest BCUT2D eigenvalue weighted by Gasteiger charge is -2.27. The van der Waals surface area contributed by atoms with E-state index >= 15 is 0 Å². The van der Waals surface area contributed by atoms with Crippen LogP contribution in [-0.4, -0.2) is 67.3 Å². The average molecular weight is 353 g/mol. The number of aromatic nitrogens is 1. The number of hydrogen-bond acceptors (Lipinski definition) is 6. The Labute approximate surface area is 148 Å². The van der Waals surface area contributed by atoms with Crippen molar-refractivity contribution >= 4 is 22.4 Å². The molecule has 2 aliphatic rings. The summed E-state index contributed by atoms with van der Waals surface area (Å²) < 4.78 is 5.39. The molecule has 2 fully saturated rings. The first kappa shape index (κ1) is 17.6. The molecule has 1 aromatic heterocycles. The van der Waals surface area contributed by atoms with Crippen molar-refractivity contribution in [3.63, 3.8) is 0 Å². The Hall–Kier alpha value is -1.18. The number of nitrogens with zero attached hydrogens (tertiary/aromatic N) is 3. The Morgan fingerprint density at radius 1 is 1.29 bits per heavy atom. The van der Waals surface area contributed by atoms with Crippen LogP contribution in [0.15, 0.2) is 5.38 Å². The molecule has 0 aromatic carbocycles. The molecule has 1 N–H and O–H groups in total. The van der Waals surface area contributed by atoms with E-state index < -0.39 is 0 Å². The Kier molecular flexibility index (Phi) is 5.73. The number of anilines is 1. The highest BCUT2D eigenvalue weighted by Crippen LogP contribution is 2.23. The lowest BCUT2D eigenvalue weighted by molar-refractivity contribution is -0.129. The van der Waals surface area contributed by atoms with Crippen LogP contribution in [0, 0.1) is 0 Å². The van der Waals surface area contributed by atoms with Gasteiger partial charge in [0.1, 0.15) is 0 Å². The van der Waals surface area contributed by atoms with Crippen molar-refractivity contribution in [2.45, 2.75) is 38.6 Å². The molecule has 0 unspecified atom stereocenters. The second-order valence-corrected chi connectivity index (χ2v) is 8.06. The summed E-state index contributed by atoms with van der Waals surface area (Å²) >= 11 is 1.70. The van der Waals surface area contributed by atoms with Crippen molar-refractivity contribution in [3.8, 4) is 0 Å². The van der Waals surface area contributed by atoms with E-state index in [1.54, 1.807) is 11.3 Å². The fraction of sp³-hybridized carbons (Fsp3) is 0.765. The van der Waals surface area contributed by atoms with E-state index in [2.05, 4.69) is 29.4 Å². The number of nitrogens with one attached hydrogen (secondary N) is 1. The molecule has 0 radical (unpaired) electrons. The van der Waals surface area contributed by atoms with Crippen LogP contribution in [0.5, 0.6) is 0 Å². The molecule has 0 spiro atoms. The standard InChI is InChI=1S/C17H28N4O2S/c1-17(2,18-12-15(22)20-5-3-4-6-20)11-14-13-24-16(19-14)21-7-9-23-10-8-21/h13,18H,3-12H2,1-2H3. The van der Waals surface area contributed by atoms with Crippen molar-refractivity contribution < 1.29 is 9.53 Å². The smallest absolute Gasteiger partial charge is 0.236 e. The van der Waals surface area contributed by atoms with Gasteiger partial charge in [0.05, 0.1) is 25.5 Å². The highest BCUT2D eigenvalue weighted by atomic mass is 32.1. The maximum absolute atomic E-state index is 12.2. The van der Waals surface area contributed by atoms with Crippen LogP contribution in [0.25, 0.3) is 0 Å². The summed E-state index contributed by atoms with van der Waals surface area (Å²) in [6.45, 7) is 9.90. The summed E-state index contributed by atoms with van der Waals surface area (Å²) in [7, 11) is 0. The van der Waals surface area contributed by atoms with E-state index in [-0.39, 0.29) is 11.4 Å². The highest BCUT2D eigenvalue weighted by Gasteiger charge is 2.24. The molecule has 0 saturated carbocycles. The first-order valence-electron chi connectivity index (χ1n) is 8.83. The van der Waals surface area contributed by atoms with E-state index in [9.17, 15) is 4.79 Å². The summed E-state index contributed by atoms with van der Waals surface area (Å²) in [5.74, 6) is 0.216. The van der Waals surface area contributed by atoms with Gasteiger partial charge in [-0.05, 0) is 26.7 Å². The lowest BCUT2D eigenvalue weighted by Crippen LogP contribution is -2.47. The van der Waals surface area contributed by atoms with Crippen LogP contribution in [0.2, 0.25) is 0 Å². The van der Waals surface area contributed by atoms with Gasteiger partial charge < -0.3 is 19.9 Å². The van der Waals surface area contributed by atoms with Gasteiger partial charge in [0.25, 0.3) is 0 Å². The molecule has 2 saturated heterocycles. The molecular weight excluding hydrogens is 324 g/mol. The molecule has 24 heavy (non-hydrogen) atoms. The molecule has 0 atom stereocenters. The number of rotatable bonds is 6. The number of carbonyl (C=O) groups is 1. The van der Waals surface area contributed by atoms with Gasteiger partial charge >= 0.3 is 0 Å². The molecule has 6 nitrogen and oxygen atoms in total. The first-order valence-corrected chi connectivity index (χ1v) is 9.71. The number of likely N-dealkylation sites (tertiary alicyclic amines) is 1. The summed E-state index contributed by atoms with van der Waals surface area (Å²) in [6.07, 6.45) is 3.09. The molecule has 134 valence electrons. The minimum absolute atomic E-state index is 0.147. The van der Waals surface area contributed by atoms with Crippen LogP contribution in [-0.2, 0) is 16.0 Å². The van der Waals surface area contributed by atoms with E-state index in [0.29, 0.717) is 6.54 Å². The lowest BCUT2D eigenvalue weighted by atomic mass is 9.99. The van der Waals surface area contributed by atoms with E-state index in [0.717, 1.165) is 69.5 Å². The molecule has 7 heteroatoms. The van der Waals surface area contributed by atoms with Gasteiger partial charge in [0.2, 0.25) is 5.91 Å². The van der Waals surface area contributed by atoms with Crippen molar-refractivity contribution in [2.75, 3.05) is 50.8 Å². The molecule has 0 aliphatic carbocycles. The summed E-state index contributed by atoms with van der Waals surface area (Å²) in [5, 5.41) is 6.63. The van der Waals surface area contributed by atoms with Crippen molar-refractivity contribution in [2.24, 2.45) is 0 Å². The van der Waals surface area contributed by atoms with Gasteiger partial charge in [-0.25, -0.2) is 4.98 Å². The molecule has 2 aliphatic heterocycles. The number of morpholine rings is 1. The van der Waals surface area contributed by atoms with Crippen LogP contribution >= 0.6 is 11.3 Å². The minimum Gasteiger partial charge on any atom is -0.378 e. The van der Waals surface area contributed by atoms with E-state index in [1.807, 2.05) is 4.90 Å². The molecule has 1 aromatic rings. The number of thiazole rings is 1. The Balaban J connectivity index is 1.50. The third-order valence-electron chi connectivity index (χ3n) is 4.62. The number of hydrogen-bond donors (Lipinski definition) is 1. The zero-order valence-electron chi connectivity index (χ0n) is 14.7. The normalized spacial score (nSPS) is 19.1. The molecular formula is C17H28N4O2S. The molecule has 3 rings (SSSR count). The summed E-state index contributed by atoms with van der Waals surface area (Å²) in [4.78, 5) is 21.2. The van der Waals surface area contributed by atoms with Crippen molar-refractivity contribution in [1.29, 1.82) is 0 Å². The summed E-state index contributed by atoms with van der Waals surface area (Å²) in [6, 6.07) is 0. The van der Waals surface area contributed by atoms with Gasteiger partial charge in [-0.1, -0.05) is 0 Å². The Bertz CT molecular complexity index is 549. The van der Waals surface area contributed by atoms with E-state index in [1.165, 1.54) is 0 Å². The second kappa shape index (κ2) is 7.80. The fourth-order valence-corrected chi connectivity index (χ4v) is 4.06. The van der Waals surface area contributed by atoms with Gasteiger partial charge in [-0.3, -0.25) is 4.79 Å². The number of amides is 1. The zero-order valence-corrected chi connectivity index (χ0v) is 15.5. The number of carbonyl (C=O) groups excluding carboxylic acids is 1. The third-order valence-corrected chi connectivity index (χ3v) is 5.57. The quantitative estimate of drug-likeness (QED) is 0.841. The largest absolute Gasteiger partial charge is 0.378 e. The highest BCUT2D eigenvalue weighted by molar-refractivity contribution is 7.13. The van der Waals surface area contributed by atoms with Crippen molar-refractivity contribution in [1.82, 2.24) is 15.2 Å². The maximum atomic E-state index is 12.2. The number of ether oxygens (including phenoxy) is 1. The Morgan fingerprint density at radius 3 is 2.71 bits per heavy atom. The van der Waals surface area contributed by atoms with Crippen LogP contribution < -0.4 is 10.2 Å². The van der Waals surface area contributed by atoms with Crippen LogP contribution in [0.1, 0.15) is 32.4 Å². The maximum Gasteiger partial charge on any atom is 0.236 e. The average Bonchev–Trinajstić information content (AvgIpc) is 3.25. The zero-order chi connectivity index (χ0) is 17.0. The monoisotopic (exact) mass is 352 g/mol. The third kappa shape index (κ3) is 4.68. The predicted octanol–water partition coefficient (Wildman–Crippen LogP) is 1.51. The van der Waals surface area contributed by atoms with Crippen molar-refractivity contribution in [3.05, 3.63) is 11.1 Å². The van der Waals surface area contributed by atoms with Gasteiger partial charge in [-0.15, -0.1) is 11.3 Å². The first-order chi connectivity index (χ1) is 11.5. The van der Waals surface area contributed by atoms with Gasteiger partial charge in [0, 0.05) is 43.5 Å². The van der Waals surface area contributed by atoms with Gasteiger partial charge in [-0.2, -0.15) is 0 Å². The van der Waals surface area contributed by atoms with Gasteiger partial charge in [0.15, 0.2) is 5.13 Å². The molecule has 1 amide bonds. The predicted molar refractivity (Wildman–Crippen MR) is 96.7 cm³/mol. The molecule has 0 bridgehead atoms.